The predicted octanol–water partition coefficient (Wildman–Crippen LogP) is -0.590. The van der Waals surface area contributed by atoms with Crippen LogP contribution in [0.3, 0.4) is 0 Å². The lowest BCUT2D eigenvalue weighted by Crippen LogP contribution is -2.62. The van der Waals surface area contributed by atoms with Crippen LogP contribution >= 0.6 is 0 Å². The van der Waals surface area contributed by atoms with Crippen LogP contribution in [-0.4, -0.2) is 129 Å². The zero-order valence-corrected chi connectivity index (χ0v) is 27.0. The Labute approximate surface area is 269 Å². The molecule has 10 atom stereocenters. The number of ether oxygens (including phenoxy) is 10. The third-order valence-corrected chi connectivity index (χ3v) is 6.26. The van der Waals surface area contributed by atoms with Gasteiger partial charge in [-0.1, -0.05) is 0 Å². The maximum Gasteiger partial charge on any atom is 0.303 e. The van der Waals surface area contributed by atoms with Crippen molar-refractivity contribution in [2.24, 2.45) is 9.98 Å². The monoisotopic (exact) mass is 674 g/mol. The average Bonchev–Trinajstić information content (AvgIpc) is 2.94. The van der Waals surface area contributed by atoms with Gasteiger partial charge in [0.05, 0.1) is 6.01 Å². The Hall–Kier alpha value is -4.45. The molecule has 0 bridgehead atoms. The van der Waals surface area contributed by atoms with Crippen molar-refractivity contribution < 1.29 is 80.9 Å². The molecule has 0 radical (unpaired) electrons. The SMILES string of the molecule is CO[C@@H]1O[C@H](COC(C)=O)[C@@H](OC(C)=O)[C@H](OC(C)=O)[C@H]1N=C=N[C@@H]1O[C@H](COC(C)=O)[C@@H](OC(C)=O)[C@H](OC(C)=O)[C@H]1OC(C)=O. The highest BCUT2D eigenvalue weighted by Gasteiger charge is 2.53. The highest BCUT2D eigenvalue weighted by molar-refractivity contribution is 5.69. The number of rotatable bonds is 12. The van der Waals surface area contributed by atoms with Crippen molar-refractivity contribution in [3.63, 3.8) is 0 Å². The van der Waals surface area contributed by atoms with Gasteiger partial charge in [0.1, 0.15) is 25.4 Å². The second-order valence-corrected chi connectivity index (χ2v) is 10.2. The van der Waals surface area contributed by atoms with Gasteiger partial charge in [0.25, 0.3) is 0 Å². The number of nitrogens with zero attached hydrogens (tertiary/aromatic N) is 2. The van der Waals surface area contributed by atoms with E-state index < -0.39 is 116 Å². The normalized spacial score (nSPS) is 29.9. The first-order valence-corrected chi connectivity index (χ1v) is 14.1. The minimum atomic E-state index is -1.56. The van der Waals surface area contributed by atoms with Crippen molar-refractivity contribution in [3.8, 4) is 0 Å². The van der Waals surface area contributed by atoms with E-state index in [0.29, 0.717) is 0 Å². The van der Waals surface area contributed by atoms with Crippen molar-refractivity contribution in [3.05, 3.63) is 0 Å². The van der Waals surface area contributed by atoms with Gasteiger partial charge < -0.3 is 47.4 Å². The fraction of sp³-hybridized carbons (Fsp3) is 0.714. The smallest absolute Gasteiger partial charge is 0.303 e. The third kappa shape index (κ3) is 12.0. The van der Waals surface area contributed by atoms with Crippen LogP contribution in [0, 0.1) is 0 Å². The number of hydrogen-bond donors (Lipinski definition) is 0. The molecule has 0 aliphatic carbocycles. The van der Waals surface area contributed by atoms with Crippen LogP contribution in [0.15, 0.2) is 9.98 Å². The first kappa shape index (κ1) is 38.7. The van der Waals surface area contributed by atoms with Gasteiger partial charge in [-0.25, -0.2) is 4.99 Å². The Balaban J connectivity index is 2.61. The van der Waals surface area contributed by atoms with Crippen LogP contribution in [0.2, 0.25) is 0 Å². The second kappa shape index (κ2) is 18.0. The lowest BCUT2D eigenvalue weighted by molar-refractivity contribution is -0.267. The molecule has 2 aliphatic heterocycles. The minimum absolute atomic E-state index is 0.403. The van der Waals surface area contributed by atoms with Gasteiger partial charge in [0, 0.05) is 55.6 Å². The number of esters is 7. The molecule has 2 aliphatic rings. The summed E-state index contributed by atoms with van der Waals surface area (Å²) in [5, 5.41) is 0. The molecule has 0 unspecified atom stereocenters. The van der Waals surface area contributed by atoms with Gasteiger partial charge >= 0.3 is 41.8 Å². The maximum absolute atomic E-state index is 12.1. The van der Waals surface area contributed by atoms with E-state index in [0.717, 1.165) is 48.5 Å². The van der Waals surface area contributed by atoms with E-state index in [2.05, 4.69) is 16.0 Å². The standard InChI is InChI=1S/C28H38N2O17/c1-12(31)39-9-19-23(42-15(4)34)25(44-17(6)36)26(45-18(7)37)27(46-19)30-11-29-21-24(43-16(5)35)22(41-14(3)33)20(10-40-13(2)32)47-28(21)38-8/h19-28H,9-10H2,1-8H3/t19-,20-,21-,22-,23-,24-,25+,26-,27-,28-/m1/s1. The van der Waals surface area contributed by atoms with Gasteiger partial charge in [0.2, 0.25) is 0 Å². The quantitative estimate of drug-likeness (QED) is 0.143. The number of carbonyl (C=O) groups excluding carboxylic acids is 7. The van der Waals surface area contributed by atoms with Crippen LogP contribution in [0.5, 0.6) is 0 Å². The van der Waals surface area contributed by atoms with Gasteiger partial charge in [-0.05, 0) is 0 Å². The molecule has 0 amide bonds. The summed E-state index contributed by atoms with van der Waals surface area (Å²) in [6, 6.07) is 1.04. The maximum atomic E-state index is 12.1. The fourth-order valence-electron chi connectivity index (χ4n) is 4.68. The van der Waals surface area contributed by atoms with Crippen LogP contribution in [0.1, 0.15) is 48.5 Å². The highest BCUT2D eigenvalue weighted by Crippen LogP contribution is 2.31. The third-order valence-electron chi connectivity index (χ3n) is 6.26. The first-order valence-electron chi connectivity index (χ1n) is 14.1. The topological polar surface area (TPSA) is 237 Å². The Morgan fingerprint density at radius 1 is 0.532 bits per heavy atom. The summed E-state index contributed by atoms with van der Waals surface area (Å²) in [5.74, 6) is -5.48. The van der Waals surface area contributed by atoms with Crippen LogP contribution in [0.25, 0.3) is 0 Å². The lowest BCUT2D eigenvalue weighted by Gasteiger charge is -2.43. The second-order valence-electron chi connectivity index (χ2n) is 10.2. The fourth-order valence-corrected chi connectivity index (χ4v) is 4.68. The molecule has 19 nitrogen and oxygen atoms in total. The van der Waals surface area contributed by atoms with Crippen molar-refractivity contribution in [2.75, 3.05) is 20.3 Å². The summed E-state index contributed by atoms with van der Waals surface area (Å²) >= 11 is 0. The summed E-state index contributed by atoms with van der Waals surface area (Å²) in [7, 11) is 1.24. The number of aliphatic imine (C=N–C) groups is 2. The molecule has 47 heavy (non-hydrogen) atoms. The zero-order chi connectivity index (χ0) is 35.4. The molecule has 2 saturated heterocycles. The summed E-state index contributed by atoms with van der Waals surface area (Å²) in [5.41, 5.74) is 0. The zero-order valence-electron chi connectivity index (χ0n) is 27.0. The average molecular weight is 675 g/mol. The molecular formula is C28H38N2O17. The number of carbonyl (C=O) groups is 7. The molecular weight excluding hydrogens is 636 g/mol. The van der Waals surface area contributed by atoms with Crippen molar-refractivity contribution in [2.45, 2.75) is 110 Å². The van der Waals surface area contributed by atoms with Crippen molar-refractivity contribution in [1.29, 1.82) is 0 Å². The van der Waals surface area contributed by atoms with Crippen molar-refractivity contribution >= 4 is 47.8 Å². The highest BCUT2D eigenvalue weighted by atomic mass is 16.7. The summed E-state index contributed by atoms with van der Waals surface area (Å²) < 4.78 is 54.0. The van der Waals surface area contributed by atoms with Gasteiger partial charge in [-0.3, -0.25) is 33.6 Å². The molecule has 0 spiro atoms. The molecule has 262 valence electrons. The van der Waals surface area contributed by atoms with E-state index in [1.165, 1.54) is 7.11 Å². The van der Waals surface area contributed by atoms with Crippen LogP contribution in [-0.2, 0) is 80.9 Å². The first-order chi connectivity index (χ1) is 22.0. The van der Waals surface area contributed by atoms with E-state index in [1.807, 2.05) is 0 Å². The van der Waals surface area contributed by atoms with E-state index in [9.17, 15) is 33.6 Å². The molecule has 0 saturated carbocycles. The molecule has 0 aromatic rings. The van der Waals surface area contributed by atoms with E-state index >= 15 is 0 Å². The largest absolute Gasteiger partial charge is 0.463 e. The molecule has 0 N–H and O–H groups in total. The Morgan fingerprint density at radius 2 is 0.936 bits per heavy atom. The van der Waals surface area contributed by atoms with Gasteiger partial charge in [0.15, 0.2) is 49.1 Å². The summed E-state index contributed by atoms with van der Waals surface area (Å²) in [6.07, 6.45) is -12.5. The van der Waals surface area contributed by atoms with Gasteiger partial charge in [-0.2, -0.15) is 4.99 Å². The predicted molar refractivity (Wildman–Crippen MR) is 149 cm³/mol. The molecule has 2 heterocycles. The Kier molecular flexibility index (Phi) is 14.9. The number of methoxy groups -OCH3 is 1. The Morgan fingerprint density at radius 3 is 1.38 bits per heavy atom. The molecule has 2 rings (SSSR count). The Bertz CT molecular complexity index is 1250. The van der Waals surface area contributed by atoms with E-state index in [4.69, 9.17) is 47.4 Å². The van der Waals surface area contributed by atoms with Crippen LogP contribution < -0.4 is 0 Å². The minimum Gasteiger partial charge on any atom is -0.463 e. The van der Waals surface area contributed by atoms with E-state index in [-0.39, 0.29) is 0 Å². The molecule has 0 aromatic heterocycles. The van der Waals surface area contributed by atoms with Crippen LogP contribution in [0.4, 0.5) is 0 Å². The van der Waals surface area contributed by atoms with E-state index in [1.54, 1.807) is 0 Å². The molecule has 19 heteroatoms. The molecule has 2 fully saturated rings. The lowest BCUT2D eigenvalue weighted by atomic mass is 9.96. The van der Waals surface area contributed by atoms with Crippen molar-refractivity contribution in [1.82, 2.24) is 0 Å². The van der Waals surface area contributed by atoms with Gasteiger partial charge in [-0.15, -0.1) is 0 Å². The molecule has 0 aromatic carbocycles. The summed E-state index contributed by atoms with van der Waals surface area (Å²) in [4.78, 5) is 91.5. The summed E-state index contributed by atoms with van der Waals surface area (Å²) in [6.45, 7) is 6.75. The number of hydrogen-bond acceptors (Lipinski definition) is 19.